The molecule has 0 fully saturated rings. The molecule has 0 aliphatic carbocycles. The summed E-state index contributed by atoms with van der Waals surface area (Å²) in [7, 11) is 0. The van der Waals surface area contributed by atoms with Crippen LogP contribution in [0.15, 0.2) is 30.4 Å². The maximum Gasteiger partial charge on any atom is 0.188 e. The first kappa shape index (κ1) is 12.7. The Balaban J connectivity index is 2.59. The molecule has 0 spiro atoms. The molecule has 0 amide bonds. The van der Waals surface area contributed by atoms with Crippen molar-refractivity contribution in [2.24, 2.45) is 0 Å². The molecule has 0 bridgehead atoms. The first-order valence-corrected chi connectivity index (χ1v) is 5.44. The highest BCUT2D eigenvalue weighted by Crippen LogP contribution is 2.11. The Morgan fingerprint density at radius 3 is 2.75 bits per heavy atom. The number of ether oxygens (including phenoxy) is 1. The van der Waals surface area contributed by atoms with Gasteiger partial charge in [0, 0.05) is 5.56 Å². The SMILES string of the molecule is CC=CCOCC(=O)c1ccc(C)cc1C. The zero-order valence-electron chi connectivity index (χ0n) is 10.1. The molecule has 0 heterocycles. The summed E-state index contributed by atoms with van der Waals surface area (Å²) >= 11 is 0. The molecule has 0 saturated carbocycles. The molecule has 0 unspecified atom stereocenters. The number of ketones is 1. The van der Waals surface area contributed by atoms with E-state index >= 15 is 0 Å². The van der Waals surface area contributed by atoms with Gasteiger partial charge in [-0.15, -0.1) is 0 Å². The molecule has 0 N–H and O–H groups in total. The van der Waals surface area contributed by atoms with Crippen LogP contribution in [0.5, 0.6) is 0 Å². The van der Waals surface area contributed by atoms with Gasteiger partial charge >= 0.3 is 0 Å². The number of carbonyl (C=O) groups excluding carboxylic acids is 1. The summed E-state index contributed by atoms with van der Waals surface area (Å²) in [5.41, 5.74) is 2.94. The minimum Gasteiger partial charge on any atom is -0.369 e. The third-order valence-electron chi connectivity index (χ3n) is 2.37. The standard InChI is InChI=1S/C14H18O2/c1-4-5-8-16-10-14(15)13-7-6-11(2)9-12(13)3/h4-7,9H,8,10H2,1-3H3. The number of hydrogen-bond donors (Lipinski definition) is 0. The molecule has 0 saturated heterocycles. The summed E-state index contributed by atoms with van der Waals surface area (Å²) in [5.74, 6) is 0.0435. The summed E-state index contributed by atoms with van der Waals surface area (Å²) in [6.07, 6.45) is 3.79. The number of Topliss-reactive ketones (excluding diaryl/α,β-unsaturated/α-hetero) is 1. The monoisotopic (exact) mass is 218 g/mol. The van der Waals surface area contributed by atoms with Gasteiger partial charge in [-0.3, -0.25) is 4.79 Å². The van der Waals surface area contributed by atoms with Crippen LogP contribution in [-0.4, -0.2) is 19.0 Å². The van der Waals surface area contributed by atoms with E-state index in [0.29, 0.717) is 6.61 Å². The van der Waals surface area contributed by atoms with Crippen molar-refractivity contribution >= 4 is 5.78 Å². The van der Waals surface area contributed by atoms with Crippen molar-refractivity contribution in [1.82, 2.24) is 0 Å². The Labute approximate surface area is 96.9 Å². The highest BCUT2D eigenvalue weighted by atomic mass is 16.5. The molecular formula is C14H18O2. The van der Waals surface area contributed by atoms with Gasteiger partial charge in [0.25, 0.3) is 0 Å². The van der Waals surface area contributed by atoms with Crippen molar-refractivity contribution in [2.45, 2.75) is 20.8 Å². The number of rotatable bonds is 5. The van der Waals surface area contributed by atoms with Gasteiger partial charge in [-0.25, -0.2) is 0 Å². The summed E-state index contributed by atoms with van der Waals surface area (Å²) in [4.78, 5) is 11.8. The number of carbonyl (C=O) groups is 1. The highest BCUT2D eigenvalue weighted by Gasteiger charge is 2.08. The first-order valence-electron chi connectivity index (χ1n) is 5.44. The summed E-state index contributed by atoms with van der Waals surface area (Å²) in [5, 5.41) is 0. The van der Waals surface area contributed by atoms with E-state index in [9.17, 15) is 4.79 Å². The molecule has 86 valence electrons. The van der Waals surface area contributed by atoms with Gasteiger partial charge in [-0.05, 0) is 26.3 Å². The average Bonchev–Trinajstić information content (AvgIpc) is 2.24. The lowest BCUT2D eigenvalue weighted by Crippen LogP contribution is -2.10. The fraction of sp³-hybridized carbons (Fsp3) is 0.357. The van der Waals surface area contributed by atoms with Crippen LogP contribution in [0.3, 0.4) is 0 Å². The summed E-state index contributed by atoms with van der Waals surface area (Å²) in [6, 6.07) is 5.83. The van der Waals surface area contributed by atoms with Gasteiger partial charge in [0.05, 0.1) is 6.61 Å². The van der Waals surface area contributed by atoms with E-state index in [2.05, 4.69) is 0 Å². The van der Waals surface area contributed by atoms with Crippen molar-refractivity contribution in [3.05, 3.63) is 47.0 Å². The topological polar surface area (TPSA) is 26.3 Å². The van der Waals surface area contributed by atoms with E-state index in [1.165, 1.54) is 5.56 Å². The Morgan fingerprint density at radius 1 is 1.38 bits per heavy atom. The van der Waals surface area contributed by atoms with Crippen LogP contribution in [-0.2, 0) is 4.74 Å². The predicted molar refractivity (Wildman–Crippen MR) is 65.9 cm³/mol. The van der Waals surface area contributed by atoms with Crippen LogP contribution in [0, 0.1) is 13.8 Å². The Bertz CT molecular complexity index is 392. The molecule has 2 nitrogen and oxygen atoms in total. The lowest BCUT2D eigenvalue weighted by atomic mass is 10.0. The van der Waals surface area contributed by atoms with Crippen molar-refractivity contribution in [1.29, 1.82) is 0 Å². The smallest absolute Gasteiger partial charge is 0.188 e. The van der Waals surface area contributed by atoms with E-state index in [1.54, 1.807) is 0 Å². The Morgan fingerprint density at radius 2 is 2.12 bits per heavy atom. The molecule has 0 aliphatic rings. The first-order chi connectivity index (χ1) is 7.65. The Kier molecular flexibility index (Phi) is 4.93. The maximum absolute atomic E-state index is 11.8. The quantitative estimate of drug-likeness (QED) is 0.431. The van der Waals surface area contributed by atoms with E-state index in [1.807, 2.05) is 51.1 Å². The third kappa shape index (κ3) is 3.63. The van der Waals surface area contributed by atoms with Gasteiger partial charge in [-0.1, -0.05) is 35.9 Å². The van der Waals surface area contributed by atoms with E-state index in [0.717, 1.165) is 11.1 Å². The second-order valence-corrected chi connectivity index (χ2v) is 3.83. The van der Waals surface area contributed by atoms with Crippen LogP contribution in [0.1, 0.15) is 28.4 Å². The van der Waals surface area contributed by atoms with E-state index < -0.39 is 0 Å². The zero-order chi connectivity index (χ0) is 12.0. The fourth-order valence-corrected chi connectivity index (χ4v) is 1.52. The highest BCUT2D eigenvalue weighted by molar-refractivity contribution is 5.98. The maximum atomic E-state index is 11.8. The van der Waals surface area contributed by atoms with Crippen LogP contribution >= 0.6 is 0 Å². The number of benzene rings is 1. The molecule has 1 rings (SSSR count). The van der Waals surface area contributed by atoms with E-state index in [-0.39, 0.29) is 12.4 Å². The predicted octanol–water partition coefficient (Wildman–Crippen LogP) is 3.08. The molecule has 16 heavy (non-hydrogen) atoms. The van der Waals surface area contributed by atoms with Crippen molar-refractivity contribution in [3.8, 4) is 0 Å². The van der Waals surface area contributed by atoms with Crippen LogP contribution in [0.25, 0.3) is 0 Å². The molecule has 0 aliphatic heterocycles. The normalized spacial score (nSPS) is 10.9. The van der Waals surface area contributed by atoms with Gasteiger partial charge in [-0.2, -0.15) is 0 Å². The number of aryl methyl sites for hydroxylation is 2. The van der Waals surface area contributed by atoms with Gasteiger partial charge in [0.15, 0.2) is 5.78 Å². The van der Waals surface area contributed by atoms with Crippen molar-refractivity contribution in [2.75, 3.05) is 13.2 Å². The molecule has 0 atom stereocenters. The largest absolute Gasteiger partial charge is 0.369 e. The van der Waals surface area contributed by atoms with Crippen LogP contribution in [0.2, 0.25) is 0 Å². The molecule has 0 aromatic heterocycles. The van der Waals surface area contributed by atoms with Gasteiger partial charge in [0.1, 0.15) is 6.61 Å². The van der Waals surface area contributed by atoms with Crippen LogP contribution < -0.4 is 0 Å². The minimum absolute atomic E-state index is 0.0435. The molecule has 1 aromatic rings. The minimum atomic E-state index is 0.0435. The summed E-state index contributed by atoms with van der Waals surface area (Å²) < 4.78 is 5.24. The number of allylic oxidation sites excluding steroid dienone is 1. The second-order valence-electron chi connectivity index (χ2n) is 3.83. The Hall–Kier alpha value is -1.41. The van der Waals surface area contributed by atoms with Crippen molar-refractivity contribution in [3.63, 3.8) is 0 Å². The van der Waals surface area contributed by atoms with Crippen LogP contribution in [0.4, 0.5) is 0 Å². The lowest BCUT2D eigenvalue weighted by Gasteiger charge is -2.05. The zero-order valence-corrected chi connectivity index (χ0v) is 10.1. The summed E-state index contributed by atoms with van der Waals surface area (Å²) in [6.45, 7) is 6.53. The fourth-order valence-electron chi connectivity index (χ4n) is 1.52. The van der Waals surface area contributed by atoms with Crippen molar-refractivity contribution < 1.29 is 9.53 Å². The van der Waals surface area contributed by atoms with Gasteiger partial charge < -0.3 is 4.74 Å². The van der Waals surface area contributed by atoms with E-state index in [4.69, 9.17) is 4.74 Å². The lowest BCUT2D eigenvalue weighted by molar-refractivity contribution is 0.0805. The molecule has 1 aromatic carbocycles. The average molecular weight is 218 g/mol. The second kappa shape index (κ2) is 6.23. The number of hydrogen-bond acceptors (Lipinski definition) is 2. The van der Waals surface area contributed by atoms with Gasteiger partial charge in [0.2, 0.25) is 0 Å². The molecule has 0 radical (unpaired) electrons. The molecular weight excluding hydrogens is 200 g/mol. The molecule has 2 heteroatoms. The third-order valence-corrected chi connectivity index (χ3v) is 2.37.